The van der Waals surface area contributed by atoms with Crippen LogP contribution in [0.15, 0.2) is 24.3 Å². The number of nitrogens with one attached hydrogen (secondary N) is 1. The monoisotopic (exact) mass is 348 g/mol. The molecule has 1 aromatic carbocycles. The van der Waals surface area contributed by atoms with Gasteiger partial charge in [0.05, 0.1) is 12.8 Å². The van der Waals surface area contributed by atoms with Gasteiger partial charge >= 0.3 is 12.2 Å². The first-order valence-electron chi connectivity index (χ1n) is 8.05. The normalized spacial score (nSPS) is 14.6. The van der Waals surface area contributed by atoms with Gasteiger partial charge in [0, 0.05) is 13.1 Å². The summed E-state index contributed by atoms with van der Waals surface area (Å²) in [4.78, 5) is 24.3. The Kier molecular flexibility index (Phi) is 5.56. The van der Waals surface area contributed by atoms with E-state index >= 15 is 0 Å². The van der Waals surface area contributed by atoms with E-state index in [0.29, 0.717) is 30.9 Å². The minimum Gasteiger partial charge on any atom is -0.495 e. The van der Waals surface area contributed by atoms with Gasteiger partial charge in [-0.05, 0) is 50.5 Å². The van der Waals surface area contributed by atoms with Gasteiger partial charge in [0.1, 0.15) is 11.4 Å². The molecule has 0 aliphatic carbocycles. The van der Waals surface area contributed by atoms with E-state index in [1.54, 1.807) is 26.8 Å². The Morgan fingerprint density at radius 3 is 2.52 bits per heavy atom. The van der Waals surface area contributed by atoms with Crippen LogP contribution < -0.4 is 10.1 Å². The largest absolute Gasteiger partial charge is 0.495 e. The fourth-order valence-electron chi connectivity index (χ4n) is 2.51. The summed E-state index contributed by atoms with van der Waals surface area (Å²) in [6.07, 6.45) is 1.07. The van der Waals surface area contributed by atoms with Crippen LogP contribution in [0.2, 0.25) is 0 Å². The summed E-state index contributed by atoms with van der Waals surface area (Å²) >= 11 is 0. The Labute approximate surface area is 147 Å². The number of carboxylic acid groups (broad SMARTS) is 1. The van der Waals surface area contributed by atoms with Crippen LogP contribution in [-0.2, 0) is 4.74 Å². The van der Waals surface area contributed by atoms with Crippen LogP contribution in [0.3, 0.4) is 0 Å². The van der Waals surface area contributed by atoms with Crippen molar-refractivity contribution in [2.24, 2.45) is 0 Å². The highest BCUT2D eigenvalue weighted by atomic mass is 16.6. The van der Waals surface area contributed by atoms with Crippen LogP contribution in [0.4, 0.5) is 15.3 Å². The number of ether oxygens (including phenoxy) is 2. The number of amides is 2. The average molecular weight is 348 g/mol. The SMILES string of the molecule is COc1cc(C2=CCN(C(=O)O)CC2)ccc1NC(=O)OC(C)(C)C. The van der Waals surface area contributed by atoms with Crippen molar-refractivity contribution in [2.75, 3.05) is 25.5 Å². The number of rotatable bonds is 3. The second kappa shape index (κ2) is 7.46. The molecule has 0 fully saturated rings. The van der Waals surface area contributed by atoms with E-state index in [9.17, 15) is 9.59 Å². The van der Waals surface area contributed by atoms with Gasteiger partial charge in [0.15, 0.2) is 0 Å². The number of hydrogen-bond acceptors (Lipinski definition) is 4. The second-order valence-electron chi connectivity index (χ2n) is 6.75. The predicted octanol–water partition coefficient (Wildman–Crippen LogP) is 3.81. The van der Waals surface area contributed by atoms with Crippen molar-refractivity contribution in [3.05, 3.63) is 29.8 Å². The highest BCUT2D eigenvalue weighted by Crippen LogP contribution is 2.31. The quantitative estimate of drug-likeness (QED) is 0.867. The maximum atomic E-state index is 11.9. The zero-order valence-electron chi connectivity index (χ0n) is 15.0. The number of anilines is 1. The first-order valence-corrected chi connectivity index (χ1v) is 8.05. The number of hydrogen-bond donors (Lipinski definition) is 2. The Morgan fingerprint density at radius 2 is 2.00 bits per heavy atom. The summed E-state index contributed by atoms with van der Waals surface area (Å²) in [5, 5.41) is 11.7. The molecule has 25 heavy (non-hydrogen) atoms. The molecule has 7 heteroatoms. The van der Waals surface area contributed by atoms with Gasteiger partial charge < -0.3 is 19.5 Å². The average Bonchev–Trinajstić information content (AvgIpc) is 2.53. The van der Waals surface area contributed by atoms with Gasteiger partial charge in [-0.1, -0.05) is 12.1 Å². The van der Waals surface area contributed by atoms with Crippen molar-refractivity contribution in [1.29, 1.82) is 0 Å². The molecule has 7 nitrogen and oxygen atoms in total. The summed E-state index contributed by atoms with van der Waals surface area (Å²) in [5.74, 6) is 0.518. The van der Waals surface area contributed by atoms with Gasteiger partial charge in [0.25, 0.3) is 0 Å². The number of methoxy groups -OCH3 is 1. The first-order chi connectivity index (χ1) is 11.7. The van der Waals surface area contributed by atoms with Crippen molar-refractivity contribution >= 4 is 23.4 Å². The molecule has 0 saturated heterocycles. The zero-order valence-corrected chi connectivity index (χ0v) is 15.0. The first kappa shape index (κ1) is 18.6. The summed E-state index contributed by atoms with van der Waals surface area (Å²) < 4.78 is 10.6. The third-order valence-corrected chi connectivity index (χ3v) is 3.69. The van der Waals surface area contributed by atoms with Crippen LogP contribution in [0.5, 0.6) is 5.75 Å². The summed E-state index contributed by atoms with van der Waals surface area (Å²) in [5.41, 5.74) is 1.93. The maximum absolute atomic E-state index is 11.9. The van der Waals surface area contributed by atoms with Crippen molar-refractivity contribution < 1.29 is 24.2 Å². The number of carbonyl (C=O) groups excluding carboxylic acids is 1. The molecule has 1 aliphatic rings. The van der Waals surface area contributed by atoms with E-state index in [0.717, 1.165) is 11.1 Å². The second-order valence-corrected chi connectivity index (χ2v) is 6.75. The van der Waals surface area contributed by atoms with Gasteiger partial charge in [-0.25, -0.2) is 9.59 Å². The van der Waals surface area contributed by atoms with Crippen molar-refractivity contribution in [3.8, 4) is 5.75 Å². The fourth-order valence-corrected chi connectivity index (χ4v) is 2.51. The number of nitrogens with zero attached hydrogens (tertiary/aromatic N) is 1. The summed E-state index contributed by atoms with van der Waals surface area (Å²) in [6, 6.07) is 5.45. The smallest absolute Gasteiger partial charge is 0.412 e. The minimum absolute atomic E-state index is 0.366. The van der Waals surface area contributed by atoms with Crippen molar-refractivity contribution in [2.45, 2.75) is 32.8 Å². The number of carbonyl (C=O) groups is 2. The van der Waals surface area contributed by atoms with E-state index in [2.05, 4.69) is 5.32 Å². The highest BCUT2D eigenvalue weighted by Gasteiger charge is 2.19. The van der Waals surface area contributed by atoms with E-state index < -0.39 is 17.8 Å². The molecule has 0 aromatic heterocycles. The van der Waals surface area contributed by atoms with Crippen LogP contribution in [-0.4, -0.2) is 48.0 Å². The van der Waals surface area contributed by atoms with Crippen LogP contribution in [0, 0.1) is 0 Å². The summed E-state index contributed by atoms with van der Waals surface area (Å²) in [7, 11) is 1.53. The lowest BCUT2D eigenvalue weighted by molar-refractivity contribution is 0.0635. The number of benzene rings is 1. The van der Waals surface area contributed by atoms with Crippen molar-refractivity contribution in [1.82, 2.24) is 4.90 Å². The molecule has 0 radical (unpaired) electrons. The predicted molar refractivity (Wildman–Crippen MR) is 95.0 cm³/mol. The third-order valence-electron chi connectivity index (χ3n) is 3.69. The molecule has 2 amide bonds. The molecule has 2 rings (SSSR count). The lowest BCUT2D eigenvalue weighted by atomic mass is 9.99. The molecular weight excluding hydrogens is 324 g/mol. The Balaban J connectivity index is 2.14. The van der Waals surface area contributed by atoms with E-state index in [4.69, 9.17) is 14.6 Å². The Bertz CT molecular complexity index is 691. The van der Waals surface area contributed by atoms with Gasteiger partial charge in [-0.2, -0.15) is 0 Å². The van der Waals surface area contributed by atoms with Gasteiger partial charge in [-0.3, -0.25) is 5.32 Å². The molecule has 0 atom stereocenters. The molecule has 0 spiro atoms. The van der Waals surface area contributed by atoms with Crippen molar-refractivity contribution in [3.63, 3.8) is 0 Å². The Hall–Kier alpha value is -2.70. The lowest BCUT2D eigenvalue weighted by Crippen LogP contribution is -2.33. The molecule has 0 saturated carbocycles. The molecule has 136 valence electrons. The van der Waals surface area contributed by atoms with Crippen LogP contribution >= 0.6 is 0 Å². The maximum Gasteiger partial charge on any atom is 0.412 e. The highest BCUT2D eigenvalue weighted by molar-refractivity contribution is 5.87. The standard InChI is InChI=1S/C18H24N2O5/c1-18(2,3)25-16(21)19-14-6-5-13(11-15(14)24-4)12-7-9-20(10-8-12)17(22)23/h5-7,11H,8-10H2,1-4H3,(H,19,21)(H,22,23). The molecule has 0 bridgehead atoms. The third kappa shape index (κ3) is 5.14. The molecule has 0 unspecified atom stereocenters. The zero-order chi connectivity index (χ0) is 18.6. The topological polar surface area (TPSA) is 88.1 Å². The molecule has 2 N–H and O–H groups in total. The van der Waals surface area contributed by atoms with E-state index in [1.165, 1.54) is 12.0 Å². The van der Waals surface area contributed by atoms with Gasteiger partial charge in [0.2, 0.25) is 0 Å². The van der Waals surface area contributed by atoms with Gasteiger partial charge in [-0.15, -0.1) is 0 Å². The van der Waals surface area contributed by atoms with Crippen LogP contribution in [0.1, 0.15) is 32.8 Å². The molecule has 1 heterocycles. The fraction of sp³-hybridized carbons (Fsp3) is 0.444. The Morgan fingerprint density at radius 1 is 1.28 bits per heavy atom. The van der Waals surface area contributed by atoms with E-state index in [1.807, 2.05) is 18.2 Å². The molecule has 1 aliphatic heterocycles. The summed E-state index contributed by atoms with van der Waals surface area (Å²) in [6.45, 7) is 6.21. The van der Waals surface area contributed by atoms with Crippen LogP contribution in [0.25, 0.3) is 5.57 Å². The molecular formula is C18H24N2O5. The van der Waals surface area contributed by atoms with E-state index in [-0.39, 0.29) is 0 Å². The molecule has 1 aromatic rings. The minimum atomic E-state index is -0.912. The lowest BCUT2D eigenvalue weighted by Gasteiger charge is -2.24.